The Morgan fingerprint density at radius 2 is 1.78 bits per heavy atom. The SMILES string of the molecule is C=C[C@@H]1C[C@]1(NC(=O)[C@@H]1C[C@@H](Oc2cc(-c3ccccc3)nc3cc(OC)ccc23)CN1C(=O)[C@@H](CC(=O)N1CCCCCC1)C(C)(C)C)C(=O)N(C1CC1)S(=O)[O-]. The van der Waals surface area contributed by atoms with E-state index in [9.17, 15) is 27.9 Å². The van der Waals surface area contributed by atoms with Gasteiger partial charge in [0.2, 0.25) is 17.7 Å². The summed E-state index contributed by atoms with van der Waals surface area (Å²) >= 11 is -2.82. The molecule has 6 atom stereocenters. The smallest absolute Gasteiger partial charge is 0.260 e. The van der Waals surface area contributed by atoms with E-state index in [0.717, 1.165) is 35.6 Å². The van der Waals surface area contributed by atoms with Crippen molar-refractivity contribution in [3.63, 3.8) is 0 Å². The molecule has 4 fully saturated rings. The number of fused-ring (bicyclic) bond motifs is 1. The number of nitrogens with zero attached hydrogens (tertiary/aromatic N) is 4. The zero-order valence-electron chi connectivity index (χ0n) is 33.8. The van der Waals surface area contributed by atoms with E-state index in [1.165, 1.54) is 4.90 Å². The zero-order chi connectivity index (χ0) is 41.4. The van der Waals surface area contributed by atoms with Crippen LogP contribution in [0.5, 0.6) is 11.5 Å². The number of methoxy groups -OCH3 is 1. The van der Waals surface area contributed by atoms with Crippen LogP contribution in [0.15, 0.2) is 67.3 Å². The van der Waals surface area contributed by atoms with E-state index in [4.69, 9.17) is 14.5 Å². The van der Waals surface area contributed by atoms with Gasteiger partial charge in [0.25, 0.3) is 5.91 Å². The molecule has 3 aromatic rings. The Labute approximate surface area is 342 Å². The first-order chi connectivity index (χ1) is 27.7. The fourth-order valence-corrected chi connectivity index (χ4v) is 9.23. The zero-order valence-corrected chi connectivity index (χ0v) is 34.6. The predicted molar refractivity (Wildman–Crippen MR) is 219 cm³/mol. The van der Waals surface area contributed by atoms with Gasteiger partial charge in [-0.15, -0.1) is 6.58 Å². The molecule has 0 spiro atoms. The highest BCUT2D eigenvalue weighted by Crippen LogP contribution is 2.48. The van der Waals surface area contributed by atoms with Crippen LogP contribution < -0.4 is 14.8 Å². The number of aromatic nitrogens is 1. The molecular formula is C44H54N5O8S-. The van der Waals surface area contributed by atoms with E-state index < -0.39 is 64.1 Å². The molecule has 310 valence electrons. The molecule has 14 heteroatoms. The fraction of sp³-hybridized carbons (Fsp3) is 0.523. The van der Waals surface area contributed by atoms with Crippen molar-refractivity contribution >= 4 is 45.8 Å². The van der Waals surface area contributed by atoms with Gasteiger partial charge in [0.05, 0.1) is 42.0 Å². The topological polar surface area (TPSA) is 162 Å². The molecule has 13 nitrogen and oxygen atoms in total. The standard InChI is InChI=1S/C44H55N5O8S/c1-6-29-26-44(29,42(53)49(58(54)55)30-16-17-30)46-40(51)37-23-32(27-48(37)41(52)34(43(2,3)4)24-39(50)47-20-12-7-8-13-21-47)57-38-25-35(28-14-10-9-11-15-28)45-36-22-31(56-5)18-19-33(36)38/h6,9-11,14-15,18-19,22,25,29-30,32,34,37H,1,7-8,12-13,16-17,20-21,23-24,26-27H2,2-5H3,(H,46,51)(H,54,55)/p-1/t29-,32-,34-,37+,44-/m1/s1. The largest absolute Gasteiger partial charge is 0.755 e. The van der Waals surface area contributed by atoms with Crippen molar-refractivity contribution in [3.05, 3.63) is 67.3 Å². The van der Waals surface area contributed by atoms with E-state index in [-0.39, 0.29) is 37.6 Å². The summed E-state index contributed by atoms with van der Waals surface area (Å²) in [7, 11) is 1.58. The van der Waals surface area contributed by atoms with Crippen LogP contribution in [0.4, 0.5) is 0 Å². The first kappa shape index (κ1) is 41.3. The Morgan fingerprint density at radius 1 is 1.07 bits per heavy atom. The second kappa shape index (κ2) is 16.8. The van der Waals surface area contributed by atoms with Gasteiger partial charge in [-0.1, -0.05) is 70.0 Å². The number of hydrogen-bond donors (Lipinski definition) is 1. The number of ether oxygens (including phenoxy) is 2. The monoisotopic (exact) mass is 812 g/mol. The van der Waals surface area contributed by atoms with Crippen LogP contribution in [-0.2, 0) is 30.4 Å². The number of amides is 4. The highest BCUT2D eigenvalue weighted by atomic mass is 32.2. The van der Waals surface area contributed by atoms with Crippen LogP contribution in [-0.4, -0.2) is 102 Å². The third-order valence-corrected chi connectivity index (χ3v) is 12.9. The van der Waals surface area contributed by atoms with Crippen LogP contribution in [0.2, 0.25) is 0 Å². The maximum Gasteiger partial charge on any atom is 0.260 e. The van der Waals surface area contributed by atoms with E-state index in [0.29, 0.717) is 54.0 Å². The highest BCUT2D eigenvalue weighted by Gasteiger charge is 2.63. The number of pyridine rings is 1. The normalized spacial score (nSPS) is 24.3. The highest BCUT2D eigenvalue weighted by molar-refractivity contribution is 7.77. The summed E-state index contributed by atoms with van der Waals surface area (Å²) in [5.74, 6) is -1.86. The Bertz CT molecular complexity index is 2080. The van der Waals surface area contributed by atoms with Gasteiger partial charge in [0, 0.05) is 61.0 Å². The van der Waals surface area contributed by atoms with Gasteiger partial charge in [-0.2, -0.15) is 0 Å². The van der Waals surface area contributed by atoms with Crippen LogP contribution in [0.1, 0.15) is 78.6 Å². The maximum atomic E-state index is 15.0. The van der Waals surface area contributed by atoms with Gasteiger partial charge in [0.15, 0.2) is 0 Å². The molecule has 2 aliphatic heterocycles. The summed E-state index contributed by atoms with van der Waals surface area (Å²) in [5, 5.41) is 3.64. The van der Waals surface area contributed by atoms with E-state index in [2.05, 4.69) is 11.9 Å². The Hall–Kier alpha value is -4.82. The summed E-state index contributed by atoms with van der Waals surface area (Å²) in [4.78, 5) is 65.7. The lowest BCUT2D eigenvalue weighted by Gasteiger charge is -2.36. The van der Waals surface area contributed by atoms with Gasteiger partial charge in [-0.25, -0.2) is 4.98 Å². The second-order valence-corrected chi connectivity index (χ2v) is 18.1. The van der Waals surface area contributed by atoms with Gasteiger partial charge >= 0.3 is 0 Å². The Balaban J connectivity index is 1.22. The maximum absolute atomic E-state index is 15.0. The lowest BCUT2D eigenvalue weighted by molar-refractivity contribution is -0.148. The van der Waals surface area contributed by atoms with Crippen LogP contribution >= 0.6 is 0 Å². The molecule has 7 rings (SSSR count). The summed E-state index contributed by atoms with van der Waals surface area (Å²) < 4.78 is 37.7. The van der Waals surface area contributed by atoms with E-state index in [1.54, 1.807) is 13.2 Å². The Morgan fingerprint density at radius 3 is 2.38 bits per heavy atom. The van der Waals surface area contributed by atoms with Crippen molar-refractivity contribution in [2.45, 2.75) is 102 Å². The van der Waals surface area contributed by atoms with Gasteiger partial charge in [-0.05, 0) is 49.7 Å². The first-order valence-electron chi connectivity index (χ1n) is 20.4. The average Bonchev–Trinajstić information content (AvgIpc) is 4.13. The molecule has 2 saturated carbocycles. The molecule has 2 aliphatic carbocycles. The number of nitrogens with one attached hydrogen (secondary N) is 1. The van der Waals surface area contributed by atoms with Crippen LogP contribution in [0.3, 0.4) is 0 Å². The van der Waals surface area contributed by atoms with Crippen molar-refractivity contribution in [3.8, 4) is 22.8 Å². The van der Waals surface area contributed by atoms with Crippen LogP contribution in [0.25, 0.3) is 22.2 Å². The van der Waals surface area contributed by atoms with E-state index in [1.807, 2.05) is 80.3 Å². The summed E-state index contributed by atoms with van der Waals surface area (Å²) in [6, 6.07) is 15.5. The lowest BCUT2D eigenvalue weighted by Crippen LogP contribution is -2.57. The third-order valence-electron chi connectivity index (χ3n) is 12.1. The number of hydrogen-bond acceptors (Lipinski definition) is 9. The van der Waals surface area contributed by atoms with Crippen molar-refractivity contribution in [1.82, 2.24) is 24.4 Å². The summed E-state index contributed by atoms with van der Waals surface area (Å²) in [6.07, 6.45) is 6.20. The van der Waals surface area contributed by atoms with Crippen molar-refractivity contribution in [2.24, 2.45) is 17.3 Å². The molecule has 2 aromatic carbocycles. The molecule has 1 aromatic heterocycles. The Kier molecular flexibility index (Phi) is 12.0. The molecule has 4 aliphatic rings. The summed E-state index contributed by atoms with van der Waals surface area (Å²) in [6.45, 7) is 11.0. The van der Waals surface area contributed by atoms with Gasteiger partial charge in [-0.3, -0.25) is 27.7 Å². The van der Waals surface area contributed by atoms with Gasteiger partial charge in [0.1, 0.15) is 29.2 Å². The molecule has 1 unspecified atom stereocenters. The number of carbonyl (C=O) groups is 4. The fourth-order valence-electron chi connectivity index (χ4n) is 8.48. The lowest BCUT2D eigenvalue weighted by atomic mass is 9.77. The first-order valence-corrected chi connectivity index (χ1v) is 21.4. The van der Waals surface area contributed by atoms with Crippen LogP contribution in [0, 0.1) is 17.3 Å². The minimum Gasteiger partial charge on any atom is -0.755 e. The average molecular weight is 813 g/mol. The third kappa shape index (κ3) is 8.63. The molecular weight excluding hydrogens is 759 g/mol. The molecule has 4 amide bonds. The molecule has 1 N–H and O–H groups in total. The van der Waals surface area contributed by atoms with Gasteiger partial charge < -0.3 is 29.1 Å². The number of carbonyl (C=O) groups excluding carboxylic acids is 4. The van der Waals surface area contributed by atoms with E-state index >= 15 is 0 Å². The quantitative estimate of drug-likeness (QED) is 0.172. The number of benzene rings is 2. The predicted octanol–water partition coefficient (Wildman–Crippen LogP) is 5.56. The second-order valence-electron chi connectivity index (χ2n) is 17.2. The molecule has 2 saturated heterocycles. The molecule has 58 heavy (non-hydrogen) atoms. The molecule has 3 heterocycles. The van der Waals surface area contributed by atoms with Crippen molar-refractivity contribution < 1.29 is 37.4 Å². The minimum atomic E-state index is -2.82. The van der Waals surface area contributed by atoms with Crippen molar-refractivity contribution in [2.75, 3.05) is 26.7 Å². The number of likely N-dealkylation sites (tertiary alicyclic amines) is 2. The molecule has 0 radical (unpaired) electrons. The summed E-state index contributed by atoms with van der Waals surface area (Å²) in [5.41, 5.74) is 0.0174. The number of rotatable bonds is 13. The van der Waals surface area contributed by atoms with Crippen molar-refractivity contribution in [1.29, 1.82) is 0 Å². The minimum absolute atomic E-state index is 0.0113. The molecule has 0 bridgehead atoms.